The minimum absolute atomic E-state index is 0.0370. The van der Waals surface area contributed by atoms with Gasteiger partial charge in [0.25, 0.3) is 0 Å². The molecule has 110 valence electrons. The van der Waals surface area contributed by atoms with E-state index < -0.39 is 11.3 Å². The van der Waals surface area contributed by atoms with Crippen molar-refractivity contribution in [3.05, 3.63) is 27.4 Å². The number of rotatable bonds is 2. The summed E-state index contributed by atoms with van der Waals surface area (Å²) in [6, 6.07) is 0. The highest BCUT2D eigenvalue weighted by molar-refractivity contribution is 5.79. The number of likely N-dealkylation sites (tertiary alicyclic amines) is 1. The molecule has 2 heterocycles. The van der Waals surface area contributed by atoms with Gasteiger partial charge >= 0.3 is 5.69 Å². The molecule has 1 amide bonds. The average molecular weight is 279 g/mol. The number of carbonyl (C=O) groups is 1. The number of hydrogen-bond donors (Lipinski definition) is 2. The smallest absolute Gasteiger partial charge is 0.345 e. The summed E-state index contributed by atoms with van der Waals surface area (Å²) >= 11 is 0. The second-order valence-corrected chi connectivity index (χ2v) is 5.82. The summed E-state index contributed by atoms with van der Waals surface area (Å²) < 4.78 is 0. The third-order valence-electron chi connectivity index (χ3n) is 3.81. The molecule has 6 heteroatoms. The molecule has 1 aromatic rings. The van der Waals surface area contributed by atoms with Gasteiger partial charge in [0.15, 0.2) is 0 Å². The number of amides is 1. The number of aryl methyl sites for hydroxylation is 2. The van der Waals surface area contributed by atoms with Crippen LogP contribution in [0.2, 0.25) is 0 Å². The maximum Gasteiger partial charge on any atom is 0.345 e. The Bertz CT molecular complexity index is 551. The summed E-state index contributed by atoms with van der Waals surface area (Å²) in [5, 5.41) is 10.1. The lowest BCUT2D eigenvalue weighted by Gasteiger charge is -2.37. The fraction of sp³-hybridized carbons (Fsp3) is 0.643. The summed E-state index contributed by atoms with van der Waals surface area (Å²) in [5.41, 5.74) is 0.834. The van der Waals surface area contributed by atoms with Gasteiger partial charge in [0.2, 0.25) is 5.91 Å². The molecule has 1 aliphatic rings. The molecule has 0 aliphatic carbocycles. The highest BCUT2D eigenvalue weighted by Crippen LogP contribution is 2.21. The van der Waals surface area contributed by atoms with Crippen molar-refractivity contribution >= 4 is 5.91 Å². The molecule has 2 rings (SSSR count). The third kappa shape index (κ3) is 3.25. The van der Waals surface area contributed by atoms with Crippen molar-refractivity contribution in [2.24, 2.45) is 0 Å². The quantitative estimate of drug-likeness (QED) is 0.815. The molecular formula is C14H21N3O3. The van der Waals surface area contributed by atoms with Gasteiger partial charge in [-0.1, -0.05) is 0 Å². The summed E-state index contributed by atoms with van der Waals surface area (Å²) in [6.45, 7) is 6.29. The van der Waals surface area contributed by atoms with Gasteiger partial charge < -0.3 is 15.0 Å². The summed E-state index contributed by atoms with van der Waals surface area (Å²) in [4.78, 5) is 31.7. The largest absolute Gasteiger partial charge is 0.388 e. The minimum Gasteiger partial charge on any atom is -0.388 e. The molecule has 0 bridgehead atoms. The van der Waals surface area contributed by atoms with Gasteiger partial charge in [0, 0.05) is 30.0 Å². The molecule has 1 atom stereocenters. The van der Waals surface area contributed by atoms with E-state index in [1.54, 1.807) is 25.7 Å². The number of carbonyl (C=O) groups excluding carboxylic acids is 1. The van der Waals surface area contributed by atoms with Crippen LogP contribution in [0.15, 0.2) is 4.79 Å². The molecule has 1 aromatic heterocycles. The van der Waals surface area contributed by atoms with E-state index in [0.717, 1.165) is 18.4 Å². The molecule has 0 aromatic carbocycles. The van der Waals surface area contributed by atoms with Crippen molar-refractivity contribution < 1.29 is 9.90 Å². The van der Waals surface area contributed by atoms with Crippen LogP contribution in [0.25, 0.3) is 0 Å². The first-order chi connectivity index (χ1) is 9.28. The summed E-state index contributed by atoms with van der Waals surface area (Å²) in [5.74, 6) is -0.0370. The lowest BCUT2D eigenvalue weighted by Crippen LogP contribution is -2.49. The van der Waals surface area contributed by atoms with E-state index in [0.29, 0.717) is 24.5 Å². The van der Waals surface area contributed by atoms with Crippen LogP contribution in [-0.4, -0.2) is 44.6 Å². The number of nitrogens with one attached hydrogen (secondary N) is 1. The van der Waals surface area contributed by atoms with Gasteiger partial charge in [0.1, 0.15) is 0 Å². The zero-order chi connectivity index (χ0) is 14.9. The first-order valence-electron chi connectivity index (χ1n) is 6.85. The second-order valence-electron chi connectivity index (χ2n) is 5.82. The van der Waals surface area contributed by atoms with Crippen molar-refractivity contribution in [3.63, 3.8) is 0 Å². The van der Waals surface area contributed by atoms with Gasteiger partial charge in [-0.3, -0.25) is 4.79 Å². The molecule has 0 radical (unpaired) electrons. The molecule has 6 nitrogen and oxygen atoms in total. The van der Waals surface area contributed by atoms with E-state index in [1.807, 2.05) is 0 Å². The van der Waals surface area contributed by atoms with E-state index in [2.05, 4.69) is 9.97 Å². The Labute approximate surface area is 117 Å². The molecule has 0 saturated carbocycles. The van der Waals surface area contributed by atoms with Crippen LogP contribution in [0, 0.1) is 13.8 Å². The predicted molar refractivity (Wildman–Crippen MR) is 74.5 cm³/mol. The standard InChI is InChI=1S/C14H21N3O3/c1-9-11(10(2)16-13(19)15-9)7-12(18)17-6-4-5-14(3,20)8-17/h20H,4-8H2,1-3H3,(H,15,16,19). The lowest BCUT2D eigenvalue weighted by atomic mass is 9.94. The number of aliphatic hydroxyl groups is 1. The van der Waals surface area contributed by atoms with Crippen LogP contribution in [-0.2, 0) is 11.2 Å². The first-order valence-corrected chi connectivity index (χ1v) is 6.85. The Morgan fingerprint density at radius 3 is 2.80 bits per heavy atom. The molecule has 1 saturated heterocycles. The average Bonchev–Trinajstić information content (AvgIpc) is 2.32. The van der Waals surface area contributed by atoms with Crippen molar-refractivity contribution in [1.29, 1.82) is 0 Å². The zero-order valence-corrected chi connectivity index (χ0v) is 12.2. The molecular weight excluding hydrogens is 258 g/mol. The van der Waals surface area contributed by atoms with Crippen LogP contribution < -0.4 is 5.69 Å². The third-order valence-corrected chi connectivity index (χ3v) is 3.81. The topological polar surface area (TPSA) is 86.3 Å². The van der Waals surface area contributed by atoms with Gasteiger partial charge in [-0.2, -0.15) is 4.98 Å². The SMILES string of the molecule is Cc1nc(=O)[nH]c(C)c1CC(=O)N1CCCC(C)(O)C1. The summed E-state index contributed by atoms with van der Waals surface area (Å²) in [6.07, 6.45) is 1.73. The minimum atomic E-state index is -0.804. The van der Waals surface area contributed by atoms with Gasteiger partial charge in [-0.15, -0.1) is 0 Å². The molecule has 1 unspecified atom stereocenters. The highest BCUT2D eigenvalue weighted by Gasteiger charge is 2.31. The fourth-order valence-corrected chi connectivity index (χ4v) is 2.71. The van der Waals surface area contributed by atoms with Crippen LogP contribution >= 0.6 is 0 Å². The number of aromatic amines is 1. The summed E-state index contributed by atoms with van der Waals surface area (Å²) in [7, 11) is 0. The van der Waals surface area contributed by atoms with Crippen molar-refractivity contribution in [2.75, 3.05) is 13.1 Å². The van der Waals surface area contributed by atoms with Gasteiger partial charge in [-0.05, 0) is 33.6 Å². The van der Waals surface area contributed by atoms with Crippen molar-refractivity contribution in [2.45, 2.75) is 45.6 Å². The van der Waals surface area contributed by atoms with Crippen LogP contribution in [0.5, 0.6) is 0 Å². The maximum absolute atomic E-state index is 12.3. The monoisotopic (exact) mass is 279 g/mol. The lowest BCUT2D eigenvalue weighted by molar-refractivity contribution is -0.136. The van der Waals surface area contributed by atoms with Gasteiger partial charge in [0.05, 0.1) is 12.0 Å². The van der Waals surface area contributed by atoms with E-state index >= 15 is 0 Å². The molecule has 0 spiro atoms. The van der Waals surface area contributed by atoms with E-state index in [4.69, 9.17) is 0 Å². The van der Waals surface area contributed by atoms with E-state index in [-0.39, 0.29) is 12.3 Å². The van der Waals surface area contributed by atoms with E-state index in [1.165, 1.54) is 0 Å². The Balaban J connectivity index is 2.14. The van der Waals surface area contributed by atoms with Gasteiger partial charge in [-0.25, -0.2) is 4.79 Å². The normalized spacial score (nSPS) is 22.9. The Kier molecular flexibility index (Phi) is 3.94. The molecule has 1 fully saturated rings. The Morgan fingerprint density at radius 2 is 2.20 bits per heavy atom. The number of nitrogens with zero attached hydrogens (tertiary/aromatic N) is 2. The number of piperidine rings is 1. The number of β-amino-alcohol motifs (C(OH)–C–C–N with tert-alkyl or cyclic N) is 1. The number of H-pyrrole nitrogens is 1. The van der Waals surface area contributed by atoms with E-state index in [9.17, 15) is 14.7 Å². The fourth-order valence-electron chi connectivity index (χ4n) is 2.71. The number of hydrogen-bond acceptors (Lipinski definition) is 4. The molecule has 1 aliphatic heterocycles. The predicted octanol–water partition coefficient (Wildman–Crippen LogP) is 0.303. The number of aromatic nitrogens is 2. The first kappa shape index (κ1) is 14.7. The Morgan fingerprint density at radius 1 is 1.50 bits per heavy atom. The van der Waals surface area contributed by atoms with Crippen molar-refractivity contribution in [3.8, 4) is 0 Å². The van der Waals surface area contributed by atoms with Crippen LogP contribution in [0.1, 0.15) is 36.7 Å². The zero-order valence-electron chi connectivity index (χ0n) is 12.2. The molecule has 20 heavy (non-hydrogen) atoms. The van der Waals surface area contributed by atoms with Crippen molar-refractivity contribution in [1.82, 2.24) is 14.9 Å². The van der Waals surface area contributed by atoms with Crippen LogP contribution in [0.3, 0.4) is 0 Å². The molecule has 2 N–H and O–H groups in total. The highest BCUT2D eigenvalue weighted by atomic mass is 16.3. The maximum atomic E-state index is 12.3. The Hall–Kier alpha value is -1.69. The van der Waals surface area contributed by atoms with Crippen LogP contribution in [0.4, 0.5) is 0 Å². The second kappa shape index (κ2) is 5.36.